The van der Waals surface area contributed by atoms with Crippen LogP contribution in [0.4, 0.5) is 5.69 Å². The second-order valence-corrected chi connectivity index (χ2v) is 7.50. The van der Waals surface area contributed by atoms with Crippen LogP contribution in [0.25, 0.3) is 0 Å². The van der Waals surface area contributed by atoms with Crippen LogP contribution in [-0.4, -0.2) is 43.3 Å². The lowest BCUT2D eigenvalue weighted by atomic mass is 10.2. The average Bonchev–Trinajstić information content (AvgIpc) is 2.63. The number of rotatable bonds is 4. The molecule has 2 N–H and O–H groups in total. The molecule has 1 aliphatic rings. The van der Waals surface area contributed by atoms with Crippen LogP contribution in [0.1, 0.15) is 5.56 Å². The number of hydrogen-bond acceptors (Lipinski definition) is 2. The van der Waals surface area contributed by atoms with Crippen molar-refractivity contribution in [3.05, 3.63) is 58.6 Å². The Morgan fingerprint density at radius 1 is 1.20 bits per heavy atom. The molecule has 0 saturated carbocycles. The number of thiocarbonyl (C=S) groups is 1. The Bertz CT molecular complexity index is 715. The van der Waals surface area contributed by atoms with Crippen molar-refractivity contribution in [3.8, 4) is 5.75 Å². The molecule has 2 aromatic rings. The number of halogens is 1. The molecule has 6 heteroatoms. The molecule has 1 saturated heterocycles. The fourth-order valence-electron chi connectivity index (χ4n) is 3.00. The van der Waals surface area contributed by atoms with Crippen molar-refractivity contribution >= 4 is 38.9 Å². The van der Waals surface area contributed by atoms with Crippen LogP contribution in [0.15, 0.2) is 53.0 Å². The molecule has 25 heavy (non-hydrogen) atoms. The molecule has 1 heterocycles. The van der Waals surface area contributed by atoms with Gasteiger partial charge in [-0.15, -0.1) is 0 Å². The summed E-state index contributed by atoms with van der Waals surface area (Å²) in [6, 6.07) is 16.4. The van der Waals surface area contributed by atoms with Gasteiger partial charge < -0.3 is 19.9 Å². The van der Waals surface area contributed by atoms with Crippen LogP contribution in [0, 0.1) is 0 Å². The van der Waals surface area contributed by atoms with Gasteiger partial charge in [-0.1, -0.05) is 22.0 Å². The maximum atomic E-state index is 5.57. The maximum Gasteiger partial charge on any atom is 0.173 e. The molecule has 132 valence electrons. The number of benzene rings is 2. The summed E-state index contributed by atoms with van der Waals surface area (Å²) in [4.78, 5) is 3.85. The van der Waals surface area contributed by atoms with E-state index < -0.39 is 0 Å². The number of piperazine rings is 1. The van der Waals surface area contributed by atoms with Gasteiger partial charge in [-0.25, -0.2) is 0 Å². The first-order valence-electron chi connectivity index (χ1n) is 8.42. The lowest BCUT2D eigenvalue weighted by molar-refractivity contribution is -0.917. The summed E-state index contributed by atoms with van der Waals surface area (Å²) in [5.74, 6) is 0.910. The number of quaternary nitrogens is 1. The van der Waals surface area contributed by atoms with Crippen LogP contribution in [0.3, 0.4) is 0 Å². The predicted octanol–water partition coefficient (Wildman–Crippen LogP) is 2.56. The molecule has 0 bridgehead atoms. The average molecular weight is 421 g/mol. The normalized spacial score (nSPS) is 15.0. The molecular formula is C19H23BrN3OS+. The third-order valence-corrected chi connectivity index (χ3v) is 5.30. The standard InChI is InChI=1S/C19H22BrN3OS/c1-24-18-7-5-15(6-8-18)14-22-9-11-23(12-10-22)19(25)21-17-4-2-3-16(20)13-17/h2-8,13H,9-12,14H2,1H3,(H,21,25)/p+1. The van der Waals surface area contributed by atoms with Crippen molar-refractivity contribution in [1.82, 2.24) is 4.90 Å². The second-order valence-electron chi connectivity index (χ2n) is 6.20. The van der Waals surface area contributed by atoms with Crippen molar-refractivity contribution < 1.29 is 9.64 Å². The van der Waals surface area contributed by atoms with Gasteiger partial charge in [0, 0.05) is 15.7 Å². The molecule has 0 atom stereocenters. The van der Waals surface area contributed by atoms with E-state index in [1.54, 1.807) is 12.0 Å². The SMILES string of the molecule is COc1ccc(C[NH+]2CCN(C(=S)Nc3cccc(Br)c3)CC2)cc1. The summed E-state index contributed by atoms with van der Waals surface area (Å²) < 4.78 is 6.27. The van der Waals surface area contributed by atoms with Gasteiger partial charge in [0.2, 0.25) is 0 Å². The molecule has 4 nitrogen and oxygen atoms in total. The van der Waals surface area contributed by atoms with E-state index in [1.807, 2.05) is 36.4 Å². The minimum Gasteiger partial charge on any atom is -0.497 e. The Hall–Kier alpha value is -1.63. The lowest BCUT2D eigenvalue weighted by Crippen LogP contribution is -3.13. The molecule has 0 radical (unpaired) electrons. The Morgan fingerprint density at radius 3 is 2.56 bits per heavy atom. The maximum absolute atomic E-state index is 5.57. The third-order valence-electron chi connectivity index (χ3n) is 4.45. The molecule has 0 amide bonds. The van der Waals surface area contributed by atoms with Gasteiger partial charge in [-0.3, -0.25) is 0 Å². The molecule has 0 unspecified atom stereocenters. The van der Waals surface area contributed by atoms with E-state index in [4.69, 9.17) is 17.0 Å². The van der Waals surface area contributed by atoms with E-state index >= 15 is 0 Å². The van der Waals surface area contributed by atoms with E-state index in [-0.39, 0.29) is 0 Å². The Labute approximate surface area is 162 Å². The zero-order valence-electron chi connectivity index (χ0n) is 14.3. The molecule has 0 spiro atoms. The number of anilines is 1. The van der Waals surface area contributed by atoms with Crippen molar-refractivity contribution in [2.45, 2.75) is 6.54 Å². The molecular weight excluding hydrogens is 398 g/mol. The summed E-state index contributed by atoms with van der Waals surface area (Å²) in [7, 11) is 1.70. The first kappa shape index (κ1) is 18.2. The van der Waals surface area contributed by atoms with Crippen LogP contribution in [0.2, 0.25) is 0 Å². The summed E-state index contributed by atoms with van der Waals surface area (Å²) in [6.07, 6.45) is 0. The smallest absolute Gasteiger partial charge is 0.173 e. The highest BCUT2D eigenvalue weighted by Crippen LogP contribution is 2.16. The van der Waals surface area contributed by atoms with Gasteiger partial charge in [-0.05, 0) is 54.7 Å². The van der Waals surface area contributed by atoms with E-state index in [9.17, 15) is 0 Å². The van der Waals surface area contributed by atoms with E-state index in [2.05, 4.69) is 38.3 Å². The van der Waals surface area contributed by atoms with Crippen molar-refractivity contribution in [3.63, 3.8) is 0 Å². The van der Waals surface area contributed by atoms with Gasteiger partial charge in [0.15, 0.2) is 5.11 Å². The number of hydrogen-bond donors (Lipinski definition) is 2. The highest BCUT2D eigenvalue weighted by atomic mass is 79.9. The molecule has 2 aromatic carbocycles. The number of nitrogens with zero attached hydrogens (tertiary/aromatic N) is 1. The molecule has 1 fully saturated rings. The molecule has 0 aliphatic carbocycles. The highest BCUT2D eigenvalue weighted by molar-refractivity contribution is 9.10. The van der Waals surface area contributed by atoms with Crippen molar-refractivity contribution in [1.29, 1.82) is 0 Å². The second kappa shape index (κ2) is 8.65. The first-order chi connectivity index (χ1) is 12.1. The first-order valence-corrected chi connectivity index (χ1v) is 9.62. The minimum absolute atomic E-state index is 0.807. The topological polar surface area (TPSA) is 28.9 Å². The van der Waals surface area contributed by atoms with Crippen LogP contribution in [0.5, 0.6) is 5.75 Å². The number of nitrogens with one attached hydrogen (secondary N) is 2. The minimum atomic E-state index is 0.807. The summed E-state index contributed by atoms with van der Waals surface area (Å²) in [6.45, 7) is 5.18. The molecule has 1 aliphatic heterocycles. The third kappa shape index (κ3) is 5.17. The Morgan fingerprint density at radius 2 is 1.92 bits per heavy atom. The van der Waals surface area contributed by atoms with Gasteiger partial charge in [-0.2, -0.15) is 0 Å². The summed E-state index contributed by atoms with van der Waals surface area (Å²) in [5, 5.41) is 4.14. The van der Waals surface area contributed by atoms with Gasteiger partial charge in [0.05, 0.1) is 33.3 Å². The molecule has 0 aromatic heterocycles. The summed E-state index contributed by atoms with van der Waals surface area (Å²) >= 11 is 9.06. The van der Waals surface area contributed by atoms with E-state index in [0.717, 1.165) is 53.7 Å². The van der Waals surface area contributed by atoms with Crippen molar-refractivity contribution in [2.75, 3.05) is 38.6 Å². The van der Waals surface area contributed by atoms with Crippen molar-refractivity contribution in [2.24, 2.45) is 0 Å². The lowest BCUT2D eigenvalue weighted by Gasteiger charge is -2.34. The van der Waals surface area contributed by atoms with Gasteiger partial charge in [0.25, 0.3) is 0 Å². The summed E-state index contributed by atoms with van der Waals surface area (Å²) in [5.41, 5.74) is 2.37. The Kier molecular flexibility index (Phi) is 6.29. The van der Waals surface area contributed by atoms with Crippen LogP contribution >= 0.6 is 28.1 Å². The van der Waals surface area contributed by atoms with Gasteiger partial charge in [0.1, 0.15) is 12.3 Å². The zero-order valence-corrected chi connectivity index (χ0v) is 16.7. The van der Waals surface area contributed by atoms with Gasteiger partial charge >= 0.3 is 0 Å². The molecule has 3 rings (SSSR count). The number of ether oxygens (including phenoxy) is 1. The monoisotopic (exact) mass is 420 g/mol. The fraction of sp³-hybridized carbons (Fsp3) is 0.316. The van der Waals surface area contributed by atoms with E-state index in [0.29, 0.717) is 0 Å². The fourth-order valence-corrected chi connectivity index (χ4v) is 3.70. The van der Waals surface area contributed by atoms with E-state index in [1.165, 1.54) is 5.56 Å². The zero-order chi connectivity index (χ0) is 17.6. The Balaban J connectivity index is 1.48. The predicted molar refractivity (Wildman–Crippen MR) is 109 cm³/mol. The quantitative estimate of drug-likeness (QED) is 0.743. The van der Waals surface area contributed by atoms with Crippen LogP contribution in [-0.2, 0) is 6.54 Å². The largest absolute Gasteiger partial charge is 0.497 e. The highest BCUT2D eigenvalue weighted by Gasteiger charge is 2.21. The van der Waals surface area contributed by atoms with Crippen LogP contribution < -0.4 is 15.0 Å². The number of methoxy groups -OCH3 is 1.